The number of aliphatic hydroxyl groups is 1. The maximum atomic E-state index is 10.9. The molecule has 0 bridgehead atoms. The quantitative estimate of drug-likeness (QED) is 0.803. The third-order valence-corrected chi connectivity index (χ3v) is 3.63. The first-order chi connectivity index (χ1) is 8.29. The molecule has 5 heteroatoms. The molecular weight excluding hydrogens is 252 g/mol. The van der Waals surface area contributed by atoms with E-state index >= 15 is 0 Å². The lowest BCUT2D eigenvalue weighted by Crippen LogP contribution is -2.08. The van der Waals surface area contributed by atoms with Gasteiger partial charge in [-0.15, -0.1) is 0 Å². The standard InChI is InChI=1S/C13H20O4S/c1-10-9-12(11(2)14)5-6-13(10)17-7-4-8-18(3,15)16/h5-6,9,11,14H,4,7-8H2,1-3H3/t11-/m1/s1. The zero-order valence-electron chi connectivity index (χ0n) is 11.0. The Bertz CT molecular complexity index is 492. The lowest BCUT2D eigenvalue weighted by atomic mass is 10.1. The summed E-state index contributed by atoms with van der Waals surface area (Å²) in [6, 6.07) is 5.48. The molecule has 0 heterocycles. The summed E-state index contributed by atoms with van der Waals surface area (Å²) in [6.07, 6.45) is 1.20. The Kier molecular flexibility index (Phi) is 5.16. The second-order valence-corrected chi connectivity index (χ2v) is 6.79. The van der Waals surface area contributed by atoms with Gasteiger partial charge in [-0.25, -0.2) is 8.42 Å². The van der Waals surface area contributed by atoms with Crippen LogP contribution in [0.25, 0.3) is 0 Å². The van der Waals surface area contributed by atoms with Gasteiger partial charge in [0.15, 0.2) is 0 Å². The Hall–Kier alpha value is -1.07. The fourth-order valence-electron chi connectivity index (χ4n) is 1.60. The summed E-state index contributed by atoms with van der Waals surface area (Å²) >= 11 is 0. The summed E-state index contributed by atoms with van der Waals surface area (Å²) in [5.41, 5.74) is 1.78. The smallest absolute Gasteiger partial charge is 0.147 e. The van der Waals surface area contributed by atoms with Crippen LogP contribution in [0.2, 0.25) is 0 Å². The van der Waals surface area contributed by atoms with E-state index < -0.39 is 15.9 Å². The van der Waals surface area contributed by atoms with Gasteiger partial charge in [-0.05, 0) is 43.5 Å². The van der Waals surface area contributed by atoms with Gasteiger partial charge in [-0.2, -0.15) is 0 Å². The Morgan fingerprint density at radius 3 is 2.56 bits per heavy atom. The maximum absolute atomic E-state index is 10.9. The predicted octanol–water partition coefficient (Wildman–Crippen LogP) is 1.86. The molecule has 0 aliphatic heterocycles. The molecule has 0 unspecified atom stereocenters. The van der Waals surface area contributed by atoms with Gasteiger partial charge < -0.3 is 9.84 Å². The third-order valence-electron chi connectivity index (χ3n) is 2.60. The molecule has 1 aromatic rings. The van der Waals surface area contributed by atoms with Crippen molar-refractivity contribution in [2.24, 2.45) is 0 Å². The SMILES string of the molecule is Cc1cc([C@@H](C)O)ccc1OCCCS(C)(=O)=O. The molecule has 4 nitrogen and oxygen atoms in total. The van der Waals surface area contributed by atoms with Gasteiger partial charge in [0, 0.05) is 6.26 Å². The average molecular weight is 272 g/mol. The van der Waals surface area contributed by atoms with Crippen LogP contribution in [0.5, 0.6) is 5.75 Å². The van der Waals surface area contributed by atoms with E-state index in [0.717, 1.165) is 16.9 Å². The molecule has 0 amide bonds. The molecule has 1 N–H and O–H groups in total. The summed E-state index contributed by atoms with van der Waals surface area (Å²) in [5.74, 6) is 0.866. The zero-order valence-corrected chi connectivity index (χ0v) is 11.8. The summed E-state index contributed by atoms with van der Waals surface area (Å²) < 4.78 is 27.4. The number of sulfone groups is 1. The minimum atomic E-state index is -2.92. The largest absolute Gasteiger partial charge is 0.493 e. The van der Waals surface area contributed by atoms with Gasteiger partial charge in [0.25, 0.3) is 0 Å². The van der Waals surface area contributed by atoms with E-state index in [1.165, 1.54) is 6.26 Å². The summed E-state index contributed by atoms with van der Waals surface area (Å²) in [4.78, 5) is 0. The van der Waals surface area contributed by atoms with Crippen molar-refractivity contribution in [3.63, 3.8) is 0 Å². The van der Waals surface area contributed by atoms with Gasteiger partial charge in [0.1, 0.15) is 15.6 Å². The number of aryl methyl sites for hydroxylation is 1. The molecule has 102 valence electrons. The molecule has 18 heavy (non-hydrogen) atoms. The molecule has 0 saturated carbocycles. The normalized spacial score (nSPS) is 13.3. The number of benzene rings is 1. The van der Waals surface area contributed by atoms with Crippen molar-refractivity contribution in [3.8, 4) is 5.75 Å². The Morgan fingerprint density at radius 1 is 1.39 bits per heavy atom. The van der Waals surface area contributed by atoms with Gasteiger partial charge in [0.2, 0.25) is 0 Å². The van der Waals surface area contributed by atoms with E-state index in [9.17, 15) is 13.5 Å². The molecule has 0 aromatic heterocycles. The van der Waals surface area contributed by atoms with Crippen LogP contribution in [-0.2, 0) is 9.84 Å². The maximum Gasteiger partial charge on any atom is 0.147 e. The fraction of sp³-hybridized carbons (Fsp3) is 0.538. The van der Waals surface area contributed by atoms with Crippen LogP contribution in [0.3, 0.4) is 0 Å². The van der Waals surface area contributed by atoms with Crippen molar-refractivity contribution < 1.29 is 18.3 Å². The first kappa shape index (κ1) is 15.0. The van der Waals surface area contributed by atoms with E-state index in [1.807, 2.05) is 19.1 Å². The highest BCUT2D eigenvalue weighted by atomic mass is 32.2. The minimum Gasteiger partial charge on any atom is -0.493 e. The van der Waals surface area contributed by atoms with Crippen molar-refractivity contribution >= 4 is 9.84 Å². The molecule has 0 fully saturated rings. The van der Waals surface area contributed by atoms with Gasteiger partial charge in [0.05, 0.1) is 18.5 Å². The average Bonchev–Trinajstić information content (AvgIpc) is 2.24. The Morgan fingerprint density at radius 2 is 2.06 bits per heavy atom. The van der Waals surface area contributed by atoms with Crippen molar-refractivity contribution in [1.82, 2.24) is 0 Å². The van der Waals surface area contributed by atoms with E-state index in [2.05, 4.69) is 0 Å². The van der Waals surface area contributed by atoms with Crippen molar-refractivity contribution in [3.05, 3.63) is 29.3 Å². The molecule has 1 rings (SSSR count). The molecule has 0 radical (unpaired) electrons. The van der Waals surface area contributed by atoms with Gasteiger partial charge >= 0.3 is 0 Å². The predicted molar refractivity (Wildman–Crippen MR) is 71.6 cm³/mol. The highest BCUT2D eigenvalue weighted by molar-refractivity contribution is 7.90. The van der Waals surface area contributed by atoms with Gasteiger partial charge in [-0.1, -0.05) is 6.07 Å². The van der Waals surface area contributed by atoms with Crippen LogP contribution < -0.4 is 4.74 Å². The van der Waals surface area contributed by atoms with Crippen LogP contribution in [0, 0.1) is 6.92 Å². The third kappa shape index (κ3) is 5.06. The van der Waals surface area contributed by atoms with Crippen LogP contribution in [0.1, 0.15) is 30.6 Å². The number of hydrogen-bond donors (Lipinski definition) is 1. The first-order valence-corrected chi connectivity index (χ1v) is 7.95. The summed E-state index contributed by atoms with van der Waals surface area (Å²) in [7, 11) is -2.92. The molecule has 0 aliphatic rings. The van der Waals surface area contributed by atoms with E-state index in [0.29, 0.717) is 13.0 Å². The van der Waals surface area contributed by atoms with Crippen LogP contribution in [0.15, 0.2) is 18.2 Å². The first-order valence-electron chi connectivity index (χ1n) is 5.89. The molecule has 1 aromatic carbocycles. The second kappa shape index (κ2) is 6.20. The molecule has 0 aliphatic carbocycles. The highest BCUT2D eigenvalue weighted by Gasteiger charge is 2.06. The summed E-state index contributed by atoms with van der Waals surface area (Å²) in [6.45, 7) is 3.99. The lowest BCUT2D eigenvalue weighted by Gasteiger charge is -2.11. The number of hydrogen-bond acceptors (Lipinski definition) is 4. The second-order valence-electron chi connectivity index (χ2n) is 4.53. The van der Waals surface area contributed by atoms with E-state index in [-0.39, 0.29) is 5.75 Å². The molecular formula is C13H20O4S. The van der Waals surface area contributed by atoms with Crippen LogP contribution in [0.4, 0.5) is 0 Å². The zero-order chi connectivity index (χ0) is 13.8. The van der Waals surface area contributed by atoms with E-state index in [4.69, 9.17) is 4.74 Å². The number of aliphatic hydroxyl groups excluding tert-OH is 1. The minimum absolute atomic E-state index is 0.137. The lowest BCUT2D eigenvalue weighted by molar-refractivity contribution is 0.199. The van der Waals surface area contributed by atoms with Crippen molar-refractivity contribution in [2.75, 3.05) is 18.6 Å². The molecule has 0 spiro atoms. The molecule has 0 saturated heterocycles. The van der Waals surface area contributed by atoms with Crippen LogP contribution >= 0.6 is 0 Å². The van der Waals surface area contributed by atoms with Crippen LogP contribution in [-0.4, -0.2) is 32.1 Å². The van der Waals surface area contributed by atoms with E-state index in [1.54, 1.807) is 13.0 Å². The summed E-state index contributed by atoms with van der Waals surface area (Å²) in [5, 5.41) is 9.44. The Balaban J connectivity index is 2.53. The number of ether oxygens (including phenoxy) is 1. The number of rotatable bonds is 6. The highest BCUT2D eigenvalue weighted by Crippen LogP contribution is 2.22. The molecule has 1 atom stereocenters. The monoisotopic (exact) mass is 272 g/mol. The van der Waals surface area contributed by atoms with Gasteiger partial charge in [-0.3, -0.25) is 0 Å². The van der Waals surface area contributed by atoms with Crippen molar-refractivity contribution in [2.45, 2.75) is 26.4 Å². The Labute approximate surface area is 109 Å². The van der Waals surface area contributed by atoms with Crippen molar-refractivity contribution in [1.29, 1.82) is 0 Å². The topological polar surface area (TPSA) is 63.6 Å². The fourth-order valence-corrected chi connectivity index (χ4v) is 2.24.